The lowest BCUT2D eigenvalue weighted by molar-refractivity contribution is 0.0760. The van der Waals surface area contributed by atoms with Gasteiger partial charge in [-0.05, 0) is 49.2 Å². The predicted molar refractivity (Wildman–Crippen MR) is 123 cm³/mol. The molecular formula is C25H27N5O3. The third-order valence-corrected chi connectivity index (χ3v) is 6.20. The number of nitrogens with one attached hydrogen (secondary N) is 2. The van der Waals surface area contributed by atoms with Crippen LogP contribution in [0.4, 0.5) is 0 Å². The minimum atomic E-state index is -0.382. The molecule has 3 aromatic rings. The Kier molecular flexibility index (Phi) is 6.19. The third kappa shape index (κ3) is 4.53. The molecule has 1 amide bonds. The Morgan fingerprint density at radius 3 is 2.55 bits per heavy atom. The molecule has 1 atom stereocenters. The van der Waals surface area contributed by atoms with Crippen molar-refractivity contribution in [3.63, 3.8) is 0 Å². The average molecular weight is 446 g/mol. The van der Waals surface area contributed by atoms with Crippen molar-refractivity contribution in [1.82, 2.24) is 25.8 Å². The molecule has 2 aliphatic rings. The number of carbonyl (C=O) groups excluding carboxylic acids is 1. The fourth-order valence-electron chi connectivity index (χ4n) is 4.44. The quantitative estimate of drug-likeness (QED) is 0.558. The van der Waals surface area contributed by atoms with Crippen LogP contribution < -0.4 is 10.8 Å². The molecule has 2 aromatic carbocycles. The maximum Gasteiger partial charge on any atom is 0.258 e. The van der Waals surface area contributed by atoms with Gasteiger partial charge in [0.05, 0.1) is 12.8 Å². The molecule has 0 saturated carbocycles. The summed E-state index contributed by atoms with van der Waals surface area (Å²) in [5.41, 5.74) is 6.39. The maximum atomic E-state index is 13.5. The van der Waals surface area contributed by atoms with Gasteiger partial charge in [0.1, 0.15) is 6.04 Å². The highest BCUT2D eigenvalue weighted by atomic mass is 16.6. The number of nitrogens with zero attached hydrogens (tertiary/aromatic N) is 3. The topological polar surface area (TPSA) is 92.5 Å². The van der Waals surface area contributed by atoms with Crippen molar-refractivity contribution in [2.45, 2.75) is 31.2 Å². The van der Waals surface area contributed by atoms with Gasteiger partial charge in [0.2, 0.25) is 5.89 Å². The molecule has 8 nitrogen and oxygen atoms in total. The second kappa shape index (κ2) is 9.56. The lowest BCUT2D eigenvalue weighted by Gasteiger charge is -2.21. The highest BCUT2D eigenvalue weighted by molar-refractivity contribution is 5.96. The molecule has 0 radical (unpaired) electrons. The zero-order chi connectivity index (χ0) is 22.6. The van der Waals surface area contributed by atoms with Crippen LogP contribution in [-0.4, -0.2) is 41.1 Å². The number of hydroxylamine groups is 1. The lowest BCUT2D eigenvalue weighted by Crippen LogP contribution is -2.28. The smallest absolute Gasteiger partial charge is 0.258 e. The summed E-state index contributed by atoms with van der Waals surface area (Å²) in [7, 11) is 1.55. The molecule has 3 heterocycles. The van der Waals surface area contributed by atoms with Gasteiger partial charge in [-0.25, -0.2) is 0 Å². The van der Waals surface area contributed by atoms with E-state index in [1.807, 2.05) is 54.6 Å². The van der Waals surface area contributed by atoms with E-state index < -0.39 is 0 Å². The van der Waals surface area contributed by atoms with E-state index in [-0.39, 0.29) is 17.9 Å². The minimum Gasteiger partial charge on any atom is -0.337 e. The van der Waals surface area contributed by atoms with Crippen molar-refractivity contribution >= 4 is 5.91 Å². The average Bonchev–Trinajstić information content (AvgIpc) is 3.53. The monoisotopic (exact) mass is 445 g/mol. The zero-order valence-corrected chi connectivity index (χ0v) is 18.5. The van der Waals surface area contributed by atoms with E-state index in [1.165, 1.54) is 0 Å². The van der Waals surface area contributed by atoms with Crippen LogP contribution in [0.1, 0.15) is 53.3 Å². The van der Waals surface area contributed by atoms with E-state index in [0.29, 0.717) is 17.9 Å². The first-order valence-electron chi connectivity index (χ1n) is 11.2. The zero-order valence-electron chi connectivity index (χ0n) is 18.5. The molecule has 5 rings (SSSR count). The van der Waals surface area contributed by atoms with Crippen LogP contribution in [0.2, 0.25) is 0 Å². The van der Waals surface area contributed by atoms with Crippen LogP contribution in [0.5, 0.6) is 0 Å². The first kappa shape index (κ1) is 21.4. The number of hydrogen-bond donors (Lipinski definition) is 2. The molecule has 1 saturated heterocycles. The van der Waals surface area contributed by atoms with Crippen LogP contribution in [0.25, 0.3) is 11.1 Å². The molecule has 2 N–H and O–H groups in total. The van der Waals surface area contributed by atoms with Crippen LogP contribution in [0.15, 0.2) is 71.0 Å². The summed E-state index contributed by atoms with van der Waals surface area (Å²) in [4.78, 5) is 24.9. The number of hydrogen-bond acceptors (Lipinski definition) is 7. The second-order valence-electron chi connectivity index (χ2n) is 8.35. The third-order valence-electron chi connectivity index (χ3n) is 6.20. The Bertz CT molecular complexity index is 1120. The van der Waals surface area contributed by atoms with E-state index in [1.54, 1.807) is 18.2 Å². The summed E-state index contributed by atoms with van der Waals surface area (Å²) >= 11 is 0. The van der Waals surface area contributed by atoms with Crippen molar-refractivity contribution in [2.24, 2.45) is 0 Å². The fraction of sp³-hybridized carbons (Fsp3) is 0.320. The first-order valence-corrected chi connectivity index (χ1v) is 11.2. The van der Waals surface area contributed by atoms with Gasteiger partial charge in [0.25, 0.3) is 5.91 Å². The summed E-state index contributed by atoms with van der Waals surface area (Å²) < 4.78 is 5.64. The fourth-order valence-corrected chi connectivity index (χ4v) is 4.44. The van der Waals surface area contributed by atoms with E-state index in [4.69, 9.17) is 9.36 Å². The van der Waals surface area contributed by atoms with Crippen molar-refractivity contribution in [1.29, 1.82) is 0 Å². The van der Waals surface area contributed by atoms with Crippen molar-refractivity contribution < 1.29 is 14.2 Å². The number of rotatable bonds is 6. The van der Waals surface area contributed by atoms with Crippen molar-refractivity contribution in [3.8, 4) is 11.1 Å². The molecule has 1 unspecified atom stereocenters. The van der Waals surface area contributed by atoms with Crippen molar-refractivity contribution in [3.05, 3.63) is 83.8 Å². The normalized spacial score (nSPS) is 18.9. The Labute approximate surface area is 192 Å². The largest absolute Gasteiger partial charge is 0.337 e. The van der Waals surface area contributed by atoms with E-state index in [2.05, 4.69) is 20.9 Å². The maximum absolute atomic E-state index is 13.5. The number of piperidine rings is 1. The Hall–Kier alpha value is -3.49. The highest BCUT2D eigenvalue weighted by Gasteiger charge is 2.36. The Balaban J connectivity index is 1.38. The van der Waals surface area contributed by atoms with Gasteiger partial charge in [0, 0.05) is 24.1 Å². The molecule has 8 heteroatoms. The molecular weight excluding hydrogens is 418 g/mol. The molecule has 0 bridgehead atoms. The lowest BCUT2D eigenvalue weighted by atomic mass is 9.97. The Morgan fingerprint density at radius 2 is 1.82 bits per heavy atom. The second-order valence-corrected chi connectivity index (χ2v) is 8.35. The first-order chi connectivity index (χ1) is 16.2. The van der Waals surface area contributed by atoms with Crippen LogP contribution in [0.3, 0.4) is 0 Å². The SMILES string of the molecule is CONC1=CN(C(=O)c2ccc(-c3ccccc3)cc2)C(c2nc(C3CCNCC3)no2)C1. The highest BCUT2D eigenvalue weighted by Crippen LogP contribution is 2.35. The summed E-state index contributed by atoms with van der Waals surface area (Å²) in [5.74, 6) is 1.32. The molecule has 170 valence electrons. The number of amides is 1. The number of carbonyl (C=O) groups is 1. The standard InChI is InChI=1S/C25H27N5O3/c1-32-28-21-15-22(24-27-23(29-33-24)19-11-13-26-14-12-19)30(16-21)25(31)20-9-7-18(8-10-20)17-5-3-2-4-6-17/h2-10,16,19,22,26,28H,11-15H2,1H3. The van der Waals surface area contributed by atoms with Crippen LogP contribution in [-0.2, 0) is 4.84 Å². The van der Waals surface area contributed by atoms with Gasteiger partial charge in [-0.15, -0.1) is 0 Å². The van der Waals surface area contributed by atoms with Gasteiger partial charge >= 0.3 is 0 Å². The van der Waals surface area contributed by atoms with Gasteiger partial charge in [0.15, 0.2) is 5.82 Å². The van der Waals surface area contributed by atoms with Crippen molar-refractivity contribution in [2.75, 3.05) is 20.2 Å². The molecule has 0 aliphatic carbocycles. The van der Waals surface area contributed by atoms with E-state index in [0.717, 1.165) is 48.6 Å². The van der Waals surface area contributed by atoms with Gasteiger partial charge in [-0.2, -0.15) is 4.98 Å². The van der Waals surface area contributed by atoms with E-state index >= 15 is 0 Å². The predicted octanol–water partition coefficient (Wildman–Crippen LogP) is 3.78. The minimum absolute atomic E-state index is 0.130. The summed E-state index contributed by atoms with van der Waals surface area (Å²) in [5, 5.41) is 7.59. The molecule has 0 spiro atoms. The van der Waals surface area contributed by atoms with Gasteiger partial charge in [-0.1, -0.05) is 47.6 Å². The molecule has 1 aromatic heterocycles. The van der Waals surface area contributed by atoms with Crippen LogP contribution >= 0.6 is 0 Å². The summed E-state index contributed by atoms with van der Waals surface area (Å²) in [6.45, 7) is 1.90. The number of aromatic nitrogens is 2. The summed E-state index contributed by atoms with van der Waals surface area (Å²) in [6.07, 6.45) is 4.23. The Morgan fingerprint density at radius 1 is 1.09 bits per heavy atom. The van der Waals surface area contributed by atoms with Crippen LogP contribution in [0, 0.1) is 0 Å². The summed E-state index contributed by atoms with van der Waals surface area (Å²) in [6, 6.07) is 17.3. The van der Waals surface area contributed by atoms with Gasteiger partial charge < -0.3 is 14.7 Å². The van der Waals surface area contributed by atoms with E-state index in [9.17, 15) is 4.79 Å². The molecule has 33 heavy (non-hydrogen) atoms. The molecule has 1 fully saturated rings. The number of benzene rings is 2. The van der Waals surface area contributed by atoms with Gasteiger partial charge in [-0.3, -0.25) is 15.1 Å². The molecule has 2 aliphatic heterocycles.